The Hall–Kier alpha value is -2.05. The monoisotopic (exact) mass is 279 g/mol. The van der Waals surface area contributed by atoms with Crippen LogP contribution < -0.4 is 5.73 Å². The van der Waals surface area contributed by atoms with E-state index in [1.165, 1.54) is 0 Å². The summed E-state index contributed by atoms with van der Waals surface area (Å²) in [5.74, 6) is 0.175. The maximum atomic E-state index is 12.8. The van der Waals surface area contributed by atoms with Crippen molar-refractivity contribution in [3.63, 3.8) is 0 Å². The number of aromatic nitrogens is 4. The van der Waals surface area contributed by atoms with Gasteiger partial charge in [0.05, 0.1) is 5.69 Å². The van der Waals surface area contributed by atoms with Gasteiger partial charge in [0.15, 0.2) is 5.82 Å². The zero-order chi connectivity index (χ0) is 14.3. The molecule has 1 aliphatic carbocycles. The molecule has 0 saturated heterocycles. The van der Waals surface area contributed by atoms with E-state index in [1.54, 1.807) is 16.9 Å². The van der Waals surface area contributed by atoms with Crippen LogP contribution in [0.2, 0.25) is 0 Å². The normalized spacial score (nSPS) is 18.3. The van der Waals surface area contributed by atoms with Crippen LogP contribution in [-0.4, -0.2) is 26.2 Å². The Bertz CT molecular complexity index is 617. The summed E-state index contributed by atoms with van der Waals surface area (Å²) in [5.41, 5.74) is 8.10. The van der Waals surface area contributed by atoms with Gasteiger partial charge in [-0.1, -0.05) is 0 Å². The molecule has 2 heterocycles. The lowest BCUT2D eigenvalue weighted by Crippen LogP contribution is -2.20. The number of anilines is 1. The fraction of sp³-hybridized carbons (Fsp3) is 0.462. The SMILES string of the molecule is Cc1cc(-n2cc3c(n2)CCC(C(F)F)C3)nc(N)n1. The van der Waals surface area contributed by atoms with Crippen molar-refractivity contribution in [2.45, 2.75) is 32.6 Å². The number of aryl methyl sites for hydroxylation is 2. The van der Waals surface area contributed by atoms with Gasteiger partial charge in [0.1, 0.15) is 0 Å². The first-order chi connectivity index (χ1) is 9.52. The van der Waals surface area contributed by atoms with Gasteiger partial charge >= 0.3 is 0 Å². The maximum Gasteiger partial charge on any atom is 0.241 e. The average molecular weight is 279 g/mol. The minimum Gasteiger partial charge on any atom is -0.368 e. The third-order valence-electron chi connectivity index (χ3n) is 3.56. The van der Waals surface area contributed by atoms with E-state index in [-0.39, 0.29) is 5.95 Å². The summed E-state index contributed by atoms with van der Waals surface area (Å²) in [6.45, 7) is 1.82. The summed E-state index contributed by atoms with van der Waals surface area (Å²) < 4.78 is 27.2. The molecule has 0 fully saturated rings. The molecule has 0 aliphatic heterocycles. The van der Waals surface area contributed by atoms with E-state index in [0.717, 1.165) is 17.0 Å². The van der Waals surface area contributed by atoms with Crippen molar-refractivity contribution in [2.24, 2.45) is 5.92 Å². The molecule has 0 bridgehead atoms. The van der Waals surface area contributed by atoms with Crippen molar-refractivity contribution in [3.05, 3.63) is 29.2 Å². The van der Waals surface area contributed by atoms with E-state index in [2.05, 4.69) is 15.1 Å². The molecular weight excluding hydrogens is 264 g/mol. The third kappa shape index (κ3) is 2.35. The second-order valence-electron chi connectivity index (χ2n) is 5.11. The summed E-state index contributed by atoms with van der Waals surface area (Å²) in [4.78, 5) is 8.12. The number of nitrogens with two attached hydrogens (primary N) is 1. The summed E-state index contributed by atoms with van der Waals surface area (Å²) in [6, 6.07) is 1.76. The van der Waals surface area contributed by atoms with Crippen LogP contribution in [0, 0.1) is 12.8 Å². The molecule has 20 heavy (non-hydrogen) atoms. The van der Waals surface area contributed by atoms with Crippen LogP contribution in [0.1, 0.15) is 23.4 Å². The number of alkyl halides is 2. The van der Waals surface area contributed by atoms with E-state index in [4.69, 9.17) is 5.73 Å². The van der Waals surface area contributed by atoms with E-state index in [9.17, 15) is 8.78 Å². The quantitative estimate of drug-likeness (QED) is 0.911. The minimum atomic E-state index is -2.27. The second kappa shape index (κ2) is 4.81. The first-order valence-electron chi connectivity index (χ1n) is 6.50. The molecule has 0 radical (unpaired) electrons. The van der Waals surface area contributed by atoms with Gasteiger partial charge in [0.25, 0.3) is 0 Å². The van der Waals surface area contributed by atoms with Crippen LogP contribution in [0.4, 0.5) is 14.7 Å². The Kier molecular flexibility index (Phi) is 3.11. The third-order valence-corrected chi connectivity index (χ3v) is 3.56. The Balaban J connectivity index is 1.94. The fourth-order valence-corrected chi connectivity index (χ4v) is 2.56. The number of rotatable bonds is 2. The smallest absolute Gasteiger partial charge is 0.241 e. The van der Waals surface area contributed by atoms with Crippen molar-refractivity contribution in [1.82, 2.24) is 19.7 Å². The van der Waals surface area contributed by atoms with Gasteiger partial charge in [-0.2, -0.15) is 10.1 Å². The van der Waals surface area contributed by atoms with Gasteiger partial charge in [-0.05, 0) is 31.7 Å². The van der Waals surface area contributed by atoms with Gasteiger partial charge in [0.2, 0.25) is 12.4 Å². The van der Waals surface area contributed by atoms with Crippen LogP contribution >= 0.6 is 0 Å². The van der Waals surface area contributed by atoms with Crippen LogP contribution in [0.15, 0.2) is 12.3 Å². The van der Waals surface area contributed by atoms with E-state index in [1.807, 2.05) is 6.92 Å². The molecule has 0 saturated carbocycles. The molecule has 5 nitrogen and oxygen atoms in total. The molecule has 2 aromatic heterocycles. The maximum absolute atomic E-state index is 12.8. The Morgan fingerprint density at radius 3 is 2.90 bits per heavy atom. The summed E-state index contributed by atoms with van der Waals surface area (Å²) >= 11 is 0. The van der Waals surface area contributed by atoms with Crippen molar-refractivity contribution >= 4 is 5.95 Å². The highest BCUT2D eigenvalue weighted by atomic mass is 19.3. The summed E-state index contributed by atoms with van der Waals surface area (Å²) in [7, 11) is 0. The molecular formula is C13H15F2N5. The van der Waals surface area contributed by atoms with Crippen LogP contribution in [-0.2, 0) is 12.8 Å². The average Bonchev–Trinajstić information content (AvgIpc) is 2.80. The Labute approximate surface area is 114 Å². The van der Waals surface area contributed by atoms with Crippen molar-refractivity contribution in [1.29, 1.82) is 0 Å². The number of hydrogen-bond donors (Lipinski definition) is 1. The molecule has 106 valence electrons. The number of nitrogens with zero attached hydrogens (tertiary/aromatic N) is 4. The molecule has 2 aromatic rings. The number of nitrogen functional groups attached to an aromatic ring is 1. The van der Waals surface area contributed by atoms with Crippen molar-refractivity contribution < 1.29 is 8.78 Å². The number of fused-ring (bicyclic) bond motifs is 1. The van der Waals surface area contributed by atoms with Gasteiger partial charge < -0.3 is 5.73 Å². The van der Waals surface area contributed by atoms with Crippen molar-refractivity contribution in [3.8, 4) is 5.82 Å². The molecule has 1 atom stereocenters. The highest BCUT2D eigenvalue weighted by Crippen LogP contribution is 2.29. The molecule has 7 heteroatoms. The fourth-order valence-electron chi connectivity index (χ4n) is 2.56. The van der Waals surface area contributed by atoms with E-state index >= 15 is 0 Å². The van der Waals surface area contributed by atoms with Crippen LogP contribution in [0.3, 0.4) is 0 Å². The molecule has 3 rings (SSSR count). The molecule has 0 aromatic carbocycles. The molecule has 0 amide bonds. The molecule has 2 N–H and O–H groups in total. The van der Waals surface area contributed by atoms with Gasteiger partial charge in [-0.25, -0.2) is 18.4 Å². The number of hydrogen-bond acceptors (Lipinski definition) is 4. The zero-order valence-electron chi connectivity index (χ0n) is 11.1. The molecule has 0 spiro atoms. The molecule has 1 aliphatic rings. The van der Waals surface area contributed by atoms with Crippen LogP contribution in [0.5, 0.6) is 0 Å². The van der Waals surface area contributed by atoms with Crippen molar-refractivity contribution in [2.75, 3.05) is 5.73 Å². The van der Waals surface area contributed by atoms with Gasteiger partial charge in [-0.3, -0.25) is 0 Å². The topological polar surface area (TPSA) is 69.6 Å². The lowest BCUT2D eigenvalue weighted by atomic mass is 9.88. The number of halogens is 2. The lowest BCUT2D eigenvalue weighted by molar-refractivity contribution is 0.0694. The van der Waals surface area contributed by atoms with E-state index < -0.39 is 12.3 Å². The predicted octanol–water partition coefficient (Wildman–Crippen LogP) is 1.92. The summed E-state index contributed by atoms with van der Waals surface area (Å²) in [6.07, 6.45) is 0.921. The highest BCUT2D eigenvalue weighted by Gasteiger charge is 2.28. The van der Waals surface area contributed by atoms with Gasteiger partial charge in [-0.15, -0.1) is 0 Å². The zero-order valence-corrected chi connectivity index (χ0v) is 11.1. The summed E-state index contributed by atoms with van der Waals surface area (Å²) in [5, 5.41) is 4.42. The molecule has 1 unspecified atom stereocenters. The Morgan fingerprint density at radius 1 is 1.40 bits per heavy atom. The van der Waals surface area contributed by atoms with Gasteiger partial charge in [0, 0.05) is 23.9 Å². The van der Waals surface area contributed by atoms with Crippen LogP contribution in [0.25, 0.3) is 5.82 Å². The minimum absolute atomic E-state index is 0.180. The Morgan fingerprint density at radius 2 is 2.20 bits per heavy atom. The first kappa shape index (κ1) is 13.0. The highest BCUT2D eigenvalue weighted by molar-refractivity contribution is 5.33. The largest absolute Gasteiger partial charge is 0.368 e. The lowest BCUT2D eigenvalue weighted by Gasteiger charge is -2.19. The standard InChI is InChI=1S/C13H15F2N5/c1-7-4-11(18-13(16)17-7)20-6-9-5-8(12(14)15)2-3-10(9)19-20/h4,6,8,12H,2-3,5H2,1H3,(H2,16,17,18). The predicted molar refractivity (Wildman–Crippen MR) is 69.8 cm³/mol. The van der Waals surface area contributed by atoms with E-state index in [0.29, 0.717) is 25.1 Å². The second-order valence-corrected chi connectivity index (χ2v) is 5.11. The first-order valence-corrected chi connectivity index (χ1v) is 6.50.